The van der Waals surface area contributed by atoms with Crippen LogP contribution in [-0.2, 0) is 13.0 Å². The maximum Gasteiger partial charge on any atom is 0.191 e. The smallest absolute Gasteiger partial charge is 0.191 e. The number of rotatable bonds is 5. The van der Waals surface area contributed by atoms with Gasteiger partial charge in [-0.3, -0.25) is 4.99 Å². The summed E-state index contributed by atoms with van der Waals surface area (Å²) >= 11 is 0. The summed E-state index contributed by atoms with van der Waals surface area (Å²) in [4.78, 5) is 4.11. The fourth-order valence-corrected chi connectivity index (χ4v) is 2.03. The minimum Gasteiger partial charge on any atom is -0.356 e. The van der Waals surface area contributed by atoms with E-state index in [9.17, 15) is 8.78 Å². The SMILES string of the molecule is CN=C(NCCc1ccc(F)cc1)NCc1cccc(F)c1.I. The number of aliphatic imine (C=N–C) groups is 1. The van der Waals surface area contributed by atoms with Crippen molar-refractivity contribution >= 4 is 29.9 Å². The van der Waals surface area contributed by atoms with Gasteiger partial charge < -0.3 is 10.6 Å². The third-order valence-corrected chi connectivity index (χ3v) is 3.19. The van der Waals surface area contributed by atoms with Crippen LogP contribution in [0.25, 0.3) is 0 Å². The quantitative estimate of drug-likeness (QED) is 0.432. The topological polar surface area (TPSA) is 36.4 Å². The van der Waals surface area contributed by atoms with Gasteiger partial charge in [-0.05, 0) is 41.8 Å². The predicted molar refractivity (Wildman–Crippen MR) is 100 cm³/mol. The first-order valence-corrected chi connectivity index (χ1v) is 7.11. The van der Waals surface area contributed by atoms with E-state index in [0.29, 0.717) is 19.0 Å². The van der Waals surface area contributed by atoms with Crippen molar-refractivity contribution in [2.75, 3.05) is 13.6 Å². The van der Waals surface area contributed by atoms with E-state index in [-0.39, 0.29) is 35.6 Å². The Balaban J connectivity index is 0.00000264. The molecule has 0 saturated heterocycles. The molecule has 2 aromatic rings. The van der Waals surface area contributed by atoms with Crippen molar-refractivity contribution in [1.82, 2.24) is 10.6 Å². The Morgan fingerprint density at radius 3 is 2.35 bits per heavy atom. The van der Waals surface area contributed by atoms with Crippen LogP contribution in [0.1, 0.15) is 11.1 Å². The molecule has 2 rings (SSSR count). The fraction of sp³-hybridized carbons (Fsp3) is 0.235. The Morgan fingerprint density at radius 1 is 0.957 bits per heavy atom. The average Bonchev–Trinajstić information content (AvgIpc) is 2.52. The van der Waals surface area contributed by atoms with E-state index >= 15 is 0 Å². The maximum atomic E-state index is 13.1. The van der Waals surface area contributed by atoms with Gasteiger partial charge in [-0.15, -0.1) is 24.0 Å². The average molecular weight is 431 g/mol. The molecule has 0 aliphatic carbocycles. The molecular formula is C17H20F2IN3. The van der Waals surface area contributed by atoms with E-state index in [0.717, 1.165) is 17.5 Å². The van der Waals surface area contributed by atoms with E-state index in [1.54, 1.807) is 25.2 Å². The predicted octanol–water partition coefficient (Wildman–Crippen LogP) is 3.49. The van der Waals surface area contributed by atoms with Gasteiger partial charge in [-0.2, -0.15) is 0 Å². The molecule has 6 heteroatoms. The molecule has 0 bridgehead atoms. The molecule has 0 saturated carbocycles. The Bertz CT molecular complexity index is 630. The summed E-state index contributed by atoms with van der Waals surface area (Å²) in [5, 5.41) is 6.29. The summed E-state index contributed by atoms with van der Waals surface area (Å²) in [6.45, 7) is 1.17. The molecule has 0 amide bonds. The van der Waals surface area contributed by atoms with Crippen molar-refractivity contribution in [1.29, 1.82) is 0 Å². The Hall–Kier alpha value is -1.70. The summed E-state index contributed by atoms with van der Waals surface area (Å²) in [5.41, 5.74) is 1.90. The zero-order valence-corrected chi connectivity index (χ0v) is 15.2. The standard InChI is InChI=1S/C17H19F2N3.HI/c1-20-17(22-12-14-3-2-4-16(19)11-14)21-10-9-13-5-7-15(18)8-6-13;/h2-8,11H,9-10,12H2,1H3,(H2,20,21,22);1H. The van der Waals surface area contributed by atoms with Crippen molar-refractivity contribution in [3.8, 4) is 0 Å². The number of guanidine groups is 1. The maximum absolute atomic E-state index is 13.1. The van der Waals surface area contributed by atoms with Crippen molar-refractivity contribution in [3.63, 3.8) is 0 Å². The molecule has 0 radical (unpaired) electrons. The number of hydrogen-bond acceptors (Lipinski definition) is 1. The highest BCUT2D eigenvalue weighted by Crippen LogP contribution is 2.03. The minimum atomic E-state index is -0.251. The summed E-state index contributed by atoms with van der Waals surface area (Å²) in [6.07, 6.45) is 0.765. The van der Waals surface area contributed by atoms with Gasteiger partial charge in [0.25, 0.3) is 0 Å². The number of nitrogens with one attached hydrogen (secondary N) is 2. The molecule has 0 unspecified atom stereocenters. The lowest BCUT2D eigenvalue weighted by atomic mass is 10.1. The van der Waals surface area contributed by atoms with Crippen molar-refractivity contribution < 1.29 is 8.78 Å². The van der Waals surface area contributed by atoms with Gasteiger partial charge in [-0.1, -0.05) is 24.3 Å². The molecule has 124 valence electrons. The molecule has 2 N–H and O–H groups in total. The van der Waals surface area contributed by atoms with Gasteiger partial charge in [-0.25, -0.2) is 8.78 Å². The monoisotopic (exact) mass is 431 g/mol. The fourth-order valence-electron chi connectivity index (χ4n) is 2.03. The molecule has 0 aliphatic heterocycles. The Labute approximate surface area is 152 Å². The van der Waals surface area contributed by atoms with Gasteiger partial charge >= 0.3 is 0 Å². The summed E-state index contributed by atoms with van der Waals surface area (Å²) in [5.74, 6) is 0.161. The summed E-state index contributed by atoms with van der Waals surface area (Å²) in [7, 11) is 1.68. The highest BCUT2D eigenvalue weighted by atomic mass is 127. The first-order chi connectivity index (χ1) is 10.7. The summed E-state index contributed by atoms with van der Waals surface area (Å²) in [6, 6.07) is 12.9. The number of hydrogen-bond donors (Lipinski definition) is 2. The molecular weight excluding hydrogens is 411 g/mol. The van der Waals surface area contributed by atoms with Crippen LogP contribution in [0.5, 0.6) is 0 Å². The van der Waals surface area contributed by atoms with Crippen molar-refractivity contribution in [2.45, 2.75) is 13.0 Å². The van der Waals surface area contributed by atoms with Crippen LogP contribution in [0.4, 0.5) is 8.78 Å². The second kappa shape index (κ2) is 10.1. The normalized spacial score (nSPS) is 10.8. The van der Waals surface area contributed by atoms with Crippen LogP contribution < -0.4 is 10.6 Å². The highest BCUT2D eigenvalue weighted by molar-refractivity contribution is 14.0. The van der Waals surface area contributed by atoms with Crippen LogP contribution in [0.3, 0.4) is 0 Å². The Morgan fingerprint density at radius 2 is 1.70 bits per heavy atom. The van der Waals surface area contributed by atoms with E-state index in [2.05, 4.69) is 15.6 Å². The number of halogens is 3. The molecule has 0 spiro atoms. The molecule has 0 heterocycles. The van der Waals surface area contributed by atoms with E-state index < -0.39 is 0 Å². The van der Waals surface area contributed by atoms with Gasteiger partial charge in [0.2, 0.25) is 0 Å². The second-order valence-corrected chi connectivity index (χ2v) is 4.86. The van der Waals surface area contributed by atoms with Gasteiger partial charge in [0.1, 0.15) is 11.6 Å². The first kappa shape index (κ1) is 19.3. The van der Waals surface area contributed by atoms with Crippen LogP contribution in [-0.4, -0.2) is 19.6 Å². The lowest BCUT2D eigenvalue weighted by Crippen LogP contribution is -2.37. The molecule has 0 aromatic heterocycles. The zero-order chi connectivity index (χ0) is 15.8. The highest BCUT2D eigenvalue weighted by Gasteiger charge is 2.00. The van der Waals surface area contributed by atoms with E-state index in [1.165, 1.54) is 24.3 Å². The van der Waals surface area contributed by atoms with E-state index in [1.807, 2.05) is 6.07 Å². The van der Waals surface area contributed by atoms with Gasteiger partial charge in [0, 0.05) is 20.1 Å². The third kappa shape index (κ3) is 6.94. The summed E-state index contributed by atoms with van der Waals surface area (Å²) < 4.78 is 25.9. The largest absolute Gasteiger partial charge is 0.356 e. The zero-order valence-electron chi connectivity index (χ0n) is 12.9. The van der Waals surface area contributed by atoms with Gasteiger partial charge in [0.15, 0.2) is 5.96 Å². The minimum absolute atomic E-state index is 0. The van der Waals surface area contributed by atoms with Crippen LogP contribution in [0, 0.1) is 11.6 Å². The van der Waals surface area contributed by atoms with Crippen LogP contribution in [0.2, 0.25) is 0 Å². The van der Waals surface area contributed by atoms with Crippen LogP contribution >= 0.6 is 24.0 Å². The molecule has 0 atom stereocenters. The van der Waals surface area contributed by atoms with Gasteiger partial charge in [0.05, 0.1) is 0 Å². The van der Waals surface area contributed by atoms with E-state index in [4.69, 9.17) is 0 Å². The second-order valence-electron chi connectivity index (χ2n) is 4.86. The van der Waals surface area contributed by atoms with Crippen molar-refractivity contribution in [3.05, 3.63) is 71.3 Å². The number of nitrogens with zero attached hydrogens (tertiary/aromatic N) is 1. The molecule has 23 heavy (non-hydrogen) atoms. The first-order valence-electron chi connectivity index (χ1n) is 7.11. The Kier molecular flexibility index (Phi) is 8.53. The lowest BCUT2D eigenvalue weighted by molar-refractivity contribution is 0.624. The lowest BCUT2D eigenvalue weighted by Gasteiger charge is -2.12. The molecule has 0 aliphatic rings. The molecule has 0 fully saturated rings. The molecule has 2 aromatic carbocycles. The van der Waals surface area contributed by atoms with Crippen LogP contribution in [0.15, 0.2) is 53.5 Å². The number of benzene rings is 2. The molecule has 3 nitrogen and oxygen atoms in total. The van der Waals surface area contributed by atoms with Crippen molar-refractivity contribution in [2.24, 2.45) is 4.99 Å². The third-order valence-electron chi connectivity index (χ3n) is 3.19.